The fourth-order valence-corrected chi connectivity index (χ4v) is 4.21. The van der Waals surface area contributed by atoms with Crippen LogP contribution in [0.5, 0.6) is 0 Å². The van der Waals surface area contributed by atoms with Crippen molar-refractivity contribution < 1.29 is 14.4 Å². The third-order valence-electron chi connectivity index (χ3n) is 5.60. The molecule has 7 nitrogen and oxygen atoms in total. The first-order valence-corrected chi connectivity index (χ1v) is 9.24. The summed E-state index contributed by atoms with van der Waals surface area (Å²) in [5.74, 6) is -0.0404. The monoisotopic (exact) mass is 356 g/mol. The zero-order valence-corrected chi connectivity index (χ0v) is 14.7. The number of likely N-dealkylation sites (tertiary alicyclic amines) is 1. The third kappa shape index (κ3) is 3.12. The Morgan fingerprint density at radius 3 is 2.73 bits per heavy atom. The van der Waals surface area contributed by atoms with E-state index in [2.05, 4.69) is 16.3 Å². The van der Waals surface area contributed by atoms with E-state index in [1.165, 1.54) is 5.56 Å². The quantitative estimate of drug-likeness (QED) is 0.736. The molecule has 1 atom stereocenters. The van der Waals surface area contributed by atoms with Crippen molar-refractivity contribution >= 4 is 17.7 Å². The lowest BCUT2D eigenvalue weighted by Gasteiger charge is -2.39. The van der Waals surface area contributed by atoms with Crippen molar-refractivity contribution in [3.63, 3.8) is 0 Å². The maximum atomic E-state index is 12.7. The highest BCUT2D eigenvalue weighted by molar-refractivity contribution is 6.05. The molecule has 1 unspecified atom stereocenters. The largest absolute Gasteiger partial charge is 0.330 e. The SMILES string of the molecule is NCCC1CN(Cc2ccc3c(c2)CN(C2CCC(=O)NC2=O)C3=O)C1. The molecule has 26 heavy (non-hydrogen) atoms. The van der Waals surface area contributed by atoms with Crippen molar-refractivity contribution in [1.29, 1.82) is 0 Å². The third-order valence-corrected chi connectivity index (χ3v) is 5.60. The molecule has 3 aliphatic rings. The number of nitrogens with one attached hydrogen (secondary N) is 1. The van der Waals surface area contributed by atoms with Crippen LogP contribution in [0.1, 0.15) is 40.7 Å². The summed E-state index contributed by atoms with van der Waals surface area (Å²) in [6, 6.07) is 5.40. The zero-order valence-electron chi connectivity index (χ0n) is 14.7. The molecule has 1 aromatic carbocycles. The van der Waals surface area contributed by atoms with Gasteiger partial charge in [-0.2, -0.15) is 0 Å². The molecular formula is C19H24N4O3. The molecule has 0 spiro atoms. The van der Waals surface area contributed by atoms with Gasteiger partial charge in [0.2, 0.25) is 11.8 Å². The summed E-state index contributed by atoms with van der Waals surface area (Å²) < 4.78 is 0. The molecule has 0 aromatic heterocycles. The molecule has 2 saturated heterocycles. The van der Waals surface area contributed by atoms with E-state index in [4.69, 9.17) is 5.73 Å². The Morgan fingerprint density at radius 2 is 2.00 bits per heavy atom. The van der Waals surface area contributed by atoms with Crippen LogP contribution in [0, 0.1) is 5.92 Å². The highest BCUT2D eigenvalue weighted by atomic mass is 16.2. The first-order valence-electron chi connectivity index (χ1n) is 9.24. The van der Waals surface area contributed by atoms with Crippen LogP contribution >= 0.6 is 0 Å². The predicted molar refractivity (Wildman–Crippen MR) is 94.9 cm³/mol. The fraction of sp³-hybridized carbons (Fsp3) is 0.526. The van der Waals surface area contributed by atoms with Gasteiger partial charge in [-0.25, -0.2) is 0 Å². The average Bonchev–Trinajstić information content (AvgIpc) is 2.89. The van der Waals surface area contributed by atoms with Gasteiger partial charge in [0.1, 0.15) is 6.04 Å². The summed E-state index contributed by atoms with van der Waals surface area (Å²) in [7, 11) is 0. The van der Waals surface area contributed by atoms with Gasteiger partial charge in [-0.05, 0) is 42.5 Å². The lowest BCUT2D eigenvalue weighted by atomic mass is 9.95. The van der Waals surface area contributed by atoms with Crippen molar-refractivity contribution in [2.75, 3.05) is 19.6 Å². The first kappa shape index (κ1) is 17.2. The summed E-state index contributed by atoms with van der Waals surface area (Å²) in [5, 5.41) is 2.33. The minimum absolute atomic E-state index is 0.118. The molecule has 1 aromatic rings. The second-order valence-corrected chi connectivity index (χ2v) is 7.53. The smallest absolute Gasteiger partial charge is 0.255 e. The van der Waals surface area contributed by atoms with Gasteiger partial charge in [-0.15, -0.1) is 0 Å². The van der Waals surface area contributed by atoms with E-state index < -0.39 is 6.04 Å². The molecule has 4 rings (SSSR count). The van der Waals surface area contributed by atoms with Gasteiger partial charge in [0.05, 0.1) is 0 Å². The Kier molecular flexibility index (Phi) is 4.50. The number of hydrogen-bond acceptors (Lipinski definition) is 5. The normalized spacial score (nSPS) is 23.8. The number of nitrogens with zero attached hydrogens (tertiary/aromatic N) is 2. The lowest BCUT2D eigenvalue weighted by molar-refractivity contribution is -0.136. The van der Waals surface area contributed by atoms with Crippen molar-refractivity contribution in [2.45, 2.75) is 38.4 Å². The number of carbonyl (C=O) groups is 3. The molecule has 2 fully saturated rings. The number of fused-ring (bicyclic) bond motifs is 1. The number of piperidine rings is 1. The minimum atomic E-state index is -0.552. The first-order chi connectivity index (χ1) is 12.5. The molecule has 3 heterocycles. The summed E-state index contributed by atoms with van der Waals surface area (Å²) >= 11 is 0. The maximum absolute atomic E-state index is 12.7. The van der Waals surface area contributed by atoms with E-state index >= 15 is 0 Å². The van der Waals surface area contributed by atoms with E-state index in [0.29, 0.717) is 24.4 Å². The Bertz CT molecular complexity index is 757. The van der Waals surface area contributed by atoms with Gasteiger partial charge in [0.15, 0.2) is 0 Å². The Morgan fingerprint density at radius 1 is 1.19 bits per heavy atom. The molecule has 3 aliphatic heterocycles. The van der Waals surface area contributed by atoms with Crippen LogP contribution in [-0.4, -0.2) is 53.2 Å². The van der Waals surface area contributed by atoms with Crippen LogP contribution < -0.4 is 11.1 Å². The van der Waals surface area contributed by atoms with Crippen molar-refractivity contribution in [1.82, 2.24) is 15.1 Å². The fourth-order valence-electron chi connectivity index (χ4n) is 4.21. The van der Waals surface area contributed by atoms with Crippen LogP contribution in [0.3, 0.4) is 0 Å². The highest BCUT2D eigenvalue weighted by Gasteiger charge is 2.39. The number of amides is 3. The van der Waals surface area contributed by atoms with Crippen molar-refractivity contribution in [2.24, 2.45) is 11.7 Å². The van der Waals surface area contributed by atoms with E-state index in [-0.39, 0.29) is 24.1 Å². The van der Waals surface area contributed by atoms with Gasteiger partial charge >= 0.3 is 0 Å². The van der Waals surface area contributed by atoms with Gasteiger partial charge in [0.25, 0.3) is 5.91 Å². The summed E-state index contributed by atoms with van der Waals surface area (Å²) in [5.41, 5.74) is 8.43. The molecule has 3 N–H and O–H groups in total. The molecule has 7 heteroatoms. The summed E-state index contributed by atoms with van der Waals surface area (Å²) in [6.45, 7) is 4.21. The molecule has 0 bridgehead atoms. The van der Waals surface area contributed by atoms with Crippen LogP contribution in [-0.2, 0) is 22.7 Å². The van der Waals surface area contributed by atoms with Gasteiger partial charge in [-0.3, -0.25) is 24.6 Å². The van der Waals surface area contributed by atoms with Crippen LogP contribution in [0.4, 0.5) is 0 Å². The van der Waals surface area contributed by atoms with Crippen LogP contribution in [0.15, 0.2) is 18.2 Å². The molecule has 0 radical (unpaired) electrons. The van der Waals surface area contributed by atoms with Crippen molar-refractivity contribution in [3.05, 3.63) is 34.9 Å². The number of rotatable bonds is 5. The van der Waals surface area contributed by atoms with Gasteiger partial charge < -0.3 is 10.6 Å². The van der Waals surface area contributed by atoms with E-state index in [1.807, 2.05) is 12.1 Å². The van der Waals surface area contributed by atoms with E-state index in [9.17, 15) is 14.4 Å². The van der Waals surface area contributed by atoms with Crippen molar-refractivity contribution in [3.8, 4) is 0 Å². The Balaban J connectivity index is 1.42. The predicted octanol–water partition coefficient (Wildman–Crippen LogP) is 0.228. The number of benzene rings is 1. The van der Waals surface area contributed by atoms with Gasteiger partial charge in [-0.1, -0.05) is 12.1 Å². The molecule has 3 amide bonds. The number of carbonyl (C=O) groups excluding carboxylic acids is 3. The molecule has 0 saturated carbocycles. The Labute approximate surface area is 152 Å². The number of nitrogens with two attached hydrogens (primary N) is 1. The lowest BCUT2D eigenvalue weighted by Crippen LogP contribution is -2.52. The second-order valence-electron chi connectivity index (χ2n) is 7.53. The van der Waals surface area contributed by atoms with E-state index in [1.54, 1.807) is 4.90 Å². The maximum Gasteiger partial charge on any atom is 0.255 e. The molecular weight excluding hydrogens is 332 g/mol. The minimum Gasteiger partial charge on any atom is -0.330 e. The summed E-state index contributed by atoms with van der Waals surface area (Å²) in [4.78, 5) is 40.1. The van der Waals surface area contributed by atoms with E-state index in [0.717, 1.165) is 38.2 Å². The molecule has 0 aliphatic carbocycles. The number of imide groups is 1. The second kappa shape index (κ2) is 6.81. The zero-order chi connectivity index (χ0) is 18.3. The van der Waals surface area contributed by atoms with Crippen LogP contribution in [0.2, 0.25) is 0 Å². The van der Waals surface area contributed by atoms with Gasteiger partial charge in [0, 0.05) is 38.2 Å². The Hall–Kier alpha value is -2.25. The topological polar surface area (TPSA) is 95.7 Å². The average molecular weight is 356 g/mol. The highest BCUT2D eigenvalue weighted by Crippen LogP contribution is 2.29. The standard InChI is InChI=1S/C19H24N4O3/c20-6-5-13-9-22(10-13)8-12-1-2-15-14(7-12)11-23(19(15)26)16-3-4-17(24)21-18(16)25/h1-2,7,13,16H,3-6,8-11,20H2,(H,21,24,25). The summed E-state index contributed by atoms with van der Waals surface area (Å²) in [6.07, 6.45) is 1.75. The van der Waals surface area contributed by atoms with Crippen LogP contribution in [0.25, 0.3) is 0 Å². The molecule has 138 valence electrons. The number of hydrogen-bond donors (Lipinski definition) is 2.